The first-order valence-electron chi connectivity index (χ1n) is 4.27. The number of nitrogens with zero attached hydrogens (tertiary/aromatic N) is 1. The number of anilines is 2. The van der Waals surface area contributed by atoms with Crippen LogP contribution in [0, 0.1) is 0 Å². The first kappa shape index (κ1) is 9.15. The largest absolute Gasteiger partial charge is 0.385 e. The number of nitrogen functional groups attached to an aromatic ring is 1. The van der Waals surface area contributed by atoms with Crippen LogP contribution < -0.4 is 11.1 Å². The molecule has 1 heterocycles. The summed E-state index contributed by atoms with van der Waals surface area (Å²) in [5.74, 6) is 0.520. The molecular formula is C10H11N3S. The molecule has 0 atom stereocenters. The first-order chi connectivity index (χ1) is 6.72. The number of aromatic nitrogens is 1. The summed E-state index contributed by atoms with van der Waals surface area (Å²) in [5, 5.41) is 5.15. The number of nitrogens with two attached hydrogens (primary N) is 1. The molecule has 0 fully saturated rings. The van der Waals surface area contributed by atoms with Gasteiger partial charge in [0.25, 0.3) is 0 Å². The Bertz CT molecular complexity index is 482. The number of nitrogens with one attached hydrogen (secondary N) is 1. The maximum absolute atomic E-state index is 5.74. The third-order valence-corrected chi connectivity index (χ3v) is 2.43. The van der Waals surface area contributed by atoms with Crippen molar-refractivity contribution in [3.8, 4) is 0 Å². The van der Waals surface area contributed by atoms with E-state index in [4.69, 9.17) is 5.73 Å². The molecule has 0 aliphatic rings. The van der Waals surface area contributed by atoms with Crippen molar-refractivity contribution in [2.45, 2.75) is 4.90 Å². The summed E-state index contributed by atoms with van der Waals surface area (Å²) in [4.78, 5) is 5.02. The van der Waals surface area contributed by atoms with Gasteiger partial charge < -0.3 is 11.1 Å². The molecule has 14 heavy (non-hydrogen) atoms. The molecule has 0 radical (unpaired) electrons. The molecule has 0 unspecified atom stereocenters. The van der Waals surface area contributed by atoms with E-state index in [2.05, 4.69) is 22.9 Å². The predicted molar refractivity (Wildman–Crippen MR) is 63.0 cm³/mol. The minimum atomic E-state index is 0.520. The monoisotopic (exact) mass is 205 g/mol. The van der Waals surface area contributed by atoms with Gasteiger partial charge in [-0.1, -0.05) is 6.07 Å². The van der Waals surface area contributed by atoms with E-state index >= 15 is 0 Å². The average molecular weight is 205 g/mol. The Morgan fingerprint density at radius 1 is 1.43 bits per heavy atom. The molecule has 3 N–H and O–H groups in total. The lowest BCUT2D eigenvalue weighted by Gasteiger charge is -2.08. The SMILES string of the molecule is CNc1c(N)ncc2cc(S)ccc12. The lowest BCUT2D eigenvalue weighted by molar-refractivity contribution is 1.34. The zero-order chi connectivity index (χ0) is 10.1. The van der Waals surface area contributed by atoms with Gasteiger partial charge in [0.1, 0.15) is 5.82 Å². The Morgan fingerprint density at radius 2 is 2.21 bits per heavy atom. The van der Waals surface area contributed by atoms with Crippen LogP contribution in [0.2, 0.25) is 0 Å². The van der Waals surface area contributed by atoms with E-state index < -0.39 is 0 Å². The summed E-state index contributed by atoms with van der Waals surface area (Å²) in [6.07, 6.45) is 1.76. The van der Waals surface area contributed by atoms with Crippen molar-refractivity contribution in [1.29, 1.82) is 0 Å². The number of fused-ring (bicyclic) bond motifs is 1. The highest BCUT2D eigenvalue weighted by Crippen LogP contribution is 2.28. The molecule has 4 heteroatoms. The van der Waals surface area contributed by atoms with E-state index in [1.165, 1.54) is 0 Å². The number of pyridine rings is 1. The lowest BCUT2D eigenvalue weighted by atomic mass is 10.1. The summed E-state index contributed by atoms with van der Waals surface area (Å²) < 4.78 is 0. The van der Waals surface area contributed by atoms with Gasteiger partial charge in [-0.05, 0) is 12.1 Å². The van der Waals surface area contributed by atoms with E-state index in [0.29, 0.717) is 5.82 Å². The second-order valence-corrected chi connectivity index (χ2v) is 3.56. The van der Waals surface area contributed by atoms with Crippen molar-refractivity contribution in [2.75, 3.05) is 18.1 Å². The topological polar surface area (TPSA) is 50.9 Å². The van der Waals surface area contributed by atoms with Crippen molar-refractivity contribution in [2.24, 2.45) is 0 Å². The minimum Gasteiger partial charge on any atom is -0.385 e. The normalized spacial score (nSPS) is 10.4. The summed E-state index contributed by atoms with van der Waals surface area (Å²) in [5.41, 5.74) is 6.61. The number of thiol groups is 1. The molecule has 0 amide bonds. The third kappa shape index (κ3) is 1.37. The Hall–Kier alpha value is -1.42. The fourth-order valence-corrected chi connectivity index (χ4v) is 1.70. The molecule has 3 nitrogen and oxygen atoms in total. The van der Waals surface area contributed by atoms with Gasteiger partial charge in [-0.2, -0.15) is 0 Å². The molecule has 1 aromatic heterocycles. The summed E-state index contributed by atoms with van der Waals surface area (Å²) >= 11 is 4.27. The standard InChI is InChI=1S/C10H11N3S/c1-12-9-8-3-2-7(14)4-6(8)5-13-10(9)11/h2-5,12,14H,1H3,(H2,11,13). The van der Waals surface area contributed by atoms with Gasteiger partial charge >= 0.3 is 0 Å². The van der Waals surface area contributed by atoms with Crippen LogP contribution in [0.3, 0.4) is 0 Å². The van der Waals surface area contributed by atoms with Crippen molar-refractivity contribution in [1.82, 2.24) is 4.98 Å². The first-order valence-corrected chi connectivity index (χ1v) is 4.72. The van der Waals surface area contributed by atoms with E-state index in [1.54, 1.807) is 6.20 Å². The van der Waals surface area contributed by atoms with Crippen molar-refractivity contribution in [3.63, 3.8) is 0 Å². The van der Waals surface area contributed by atoms with E-state index in [1.807, 2.05) is 25.2 Å². The van der Waals surface area contributed by atoms with Gasteiger partial charge in [0, 0.05) is 28.9 Å². The van der Waals surface area contributed by atoms with Gasteiger partial charge in [0.15, 0.2) is 0 Å². The predicted octanol–water partition coefficient (Wildman–Crippen LogP) is 2.15. The summed E-state index contributed by atoms with van der Waals surface area (Å²) in [7, 11) is 1.83. The van der Waals surface area contributed by atoms with Gasteiger partial charge in [-0.15, -0.1) is 12.6 Å². The summed E-state index contributed by atoms with van der Waals surface area (Å²) in [6.45, 7) is 0. The molecule has 1 aromatic carbocycles. The molecule has 72 valence electrons. The Labute approximate surface area is 87.7 Å². The van der Waals surface area contributed by atoms with Crippen molar-refractivity contribution < 1.29 is 0 Å². The van der Waals surface area contributed by atoms with Crippen LogP contribution in [-0.2, 0) is 0 Å². The molecule has 2 rings (SSSR count). The molecule has 0 aliphatic heterocycles. The van der Waals surface area contributed by atoms with Crippen LogP contribution in [0.5, 0.6) is 0 Å². The second kappa shape index (κ2) is 3.38. The highest BCUT2D eigenvalue weighted by atomic mass is 32.1. The molecule has 2 aromatic rings. The van der Waals surface area contributed by atoms with Crippen LogP contribution in [-0.4, -0.2) is 12.0 Å². The maximum atomic E-state index is 5.74. The highest BCUT2D eigenvalue weighted by Gasteiger charge is 2.04. The van der Waals surface area contributed by atoms with Crippen molar-refractivity contribution >= 4 is 34.9 Å². The van der Waals surface area contributed by atoms with Crippen molar-refractivity contribution in [3.05, 3.63) is 24.4 Å². The van der Waals surface area contributed by atoms with Crippen LogP contribution in [0.15, 0.2) is 29.3 Å². The number of hydrogen-bond acceptors (Lipinski definition) is 4. The van der Waals surface area contributed by atoms with Gasteiger partial charge in [-0.25, -0.2) is 4.98 Å². The van der Waals surface area contributed by atoms with E-state index in [9.17, 15) is 0 Å². The van der Waals surface area contributed by atoms with E-state index in [0.717, 1.165) is 21.4 Å². The fraction of sp³-hybridized carbons (Fsp3) is 0.100. The fourth-order valence-electron chi connectivity index (χ4n) is 1.49. The third-order valence-electron chi connectivity index (χ3n) is 2.15. The number of rotatable bonds is 1. The summed E-state index contributed by atoms with van der Waals surface area (Å²) in [6, 6.07) is 5.89. The highest BCUT2D eigenvalue weighted by molar-refractivity contribution is 7.80. The van der Waals surface area contributed by atoms with Crippen LogP contribution in [0.25, 0.3) is 10.8 Å². The Kier molecular flexibility index (Phi) is 2.21. The number of hydrogen-bond donors (Lipinski definition) is 3. The Balaban J connectivity index is 2.82. The van der Waals surface area contributed by atoms with Gasteiger partial charge in [0.05, 0.1) is 5.69 Å². The lowest BCUT2D eigenvalue weighted by Crippen LogP contribution is -1.99. The zero-order valence-corrected chi connectivity index (χ0v) is 8.68. The van der Waals surface area contributed by atoms with Crippen LogP contribution >= 0.6 is 12.6 Å². The van der Waals surface area contributed by atoms with Gasteiger partial charge in [0.2, 0.25) is 0 Å². The Morgan fingerprint density at radius 3 is 2.93 bits per heavy atom. The molecule has 0 bridgehead atoms. The second-order valence-electron chi connectivity index (χ2n) is 3.04. The molecule has 0 aliphatic carbocycles. The van der Waals surface area contributed by atoms with E-state index in [-0.39, 0.29) is 0 Å². The number of benzene rings is 1. The average Bonchev–Trinajstić information content (AvgIpc) is 2.18. The molecule has 0 saturated heterocycles. The molecule has 0 saturated carbocycles. The van der Waals surface area contributed by atoms with Gasteiger partial charge in [-0.3, -0.25) is 0 Å². The molecule has 0 spiro atoms. The molecular weight excluding hydrogens is 194 g/mol. The smallest absolute Gasteiger partial charge is 0.147 e. The maximum Gasteiger partial charge on any atom is 0.147 e. The quantitative estimate of drug-likeness (QED) is 0.625. The minimum absolute atomic E-state index is 0.520. The van der Waals surface area contributed by atoms with Crippen LogP contribution in [0.4, 0.5) is 11.5 Å². The zero-order valence-electron chi connectivity index (χ0n) is 7.78. The van der Waals surface area contributed by atoms with Crippen LogP contribution in [0.1, 0.15) is 0 Å².